The minimum atomic E-state index is -1.03. The third-order valence-electron chi connectivity index (χ3n) is 17.4. The maximum absolute atomic E-state index is 14.0. The molecule has 5 heterocycles. The lowest BCUT2D eigenvalue weighted by molar-refractivity contribution is -0.134. The number of carbonyl (C=O) groups is 5. The Morgan fingerprint density at radius 1 is 0.814 bits per heavy atom. The number of halogens is 1. The molecular weight excluding hydrogens is 1120 g/mol. The molecule has 0 bridgehead atoms. The number of aromatic nitrogens is 3. The quantitative estimate of drug-likeness (QED) is 0.0309. The minimum Gasteiger partial charge on any atom is -0.497 e. The van der Waals surface area contributed by atoms with E-state index >= 15 is 0 Å². The molecular formula is C64H87ClN12O9. The van der Waals surface area contributed by atoms with Crippen molar-refractivity contribution >= 4 is 58.0 Å². The van der Waals surface area contributed by atoms with Crippen molar-refractivity contribution in [1.29, 1.82) is 0 Å². The van der Waals surface area contributed by atoms with Crippen molar-refractivity contribution in [3.8, 4) is 11.5 Å². The zero-order chi connectivity index (χ0) is 60.3. The lowest BCUT2D eigenvalue weighted by Crippen LogP contribution is -2.60. The molecule has 3 atom stereocenters. The molecule has 0 radical (unpaired) electrons. The van der Waals surface area contributed by atoms with Crippen molar-refractivity contribution < 1.29 is 42.9 Å². The van der Waals surface area contributed by atoms with Gasteiger partial charge < -0.3 is 65.6 Å². The standard InChI is InChI=1S/C64H87ClN12O9/c1-3-86-55-40-52(83-2)19-16-49(55)41-67-42-57(79)77-27-8-13-50(43-77)47-11-7-12-48(39-47)61(80)73-58(46-9-5-4-6-10-46)62(81)69-26-36-85-38-37-84-35-22-56(78)75-33-31-74(32-34-75)28-21-54(45-14-17-51(65)18-15-45)72-63(82)64(66)23-29-76(30-24-64)60-53-20-25-68-59(53)70-44-71-60/h7,11-12,14-20,25,39-40,44,46,50,54,58,67H,3-6,8-10,13,21-24,26-38,41-43,66H2,1-2H3,(H,69,81)(H,72,82)(H,73,80)(H,68,70,71)/t50?,54-,58+/m0/s1. The van der Waals surface area contributed by atoms with Crippen molar-refractivity contribution in [2.75, 3.05) is 117 Å². The molecule has 9 rings (SSSR count). The maximum atomic E-state index is 14.0. The lowest BCUT2D eigenvalue weighted by atomic mass is 9.83. The average Bonchev–Trinajstić information content (AvgIpc) is 3.71. The van der Waals surface area contributed by atoms with Gasteiger partial charge in [-0.1, -0.05) is 61.2 Å². The molecule has 5 aromatic rings. The van der Waals surface area contributed by atoms with E-state index in [1.165, 1.54) is 0 Å². The summed E-state index contributed by atoms with van der Waals surface area (Å²) in [6.45, 7) is 10.3. The molecule has 7 N–H and O–H groups in total. The van der Waals surface area contributed by atoms with Crippen molar-refractivity contribution in [1.82, 2.24) is 50.9 Å². The summed E-state index contributed by atoms with van der Waals surface area (Å²) in [7, 11) is 1.62. The highest BCUT2D eigenvalue weighted by molar-refractivity contribution is 6.30. The molecule has 4 aliphatic rings. The zero-order valence-corrected chi connectivity index (χ0v) is 50.8. The number of ether oxygens (including phenoxy) is 4. The van der Waals surface area contributed by atoms with Crippen LogP contribution in [0.5, 0.6) is 11.5 Å². The molecule has 5 amide bonds. The molecule has 86 heavy (non-hydrogen) atoms. The second-order valence-electron chi connectivity index (χ2n) is 23.1. The van der Waals surface area contributed by atoms with Gasteiger partial charge in [-0.25, -0.2) is 9.97 Å². The van der Waals surface area contributed by atoms with E-state index in [9.17, 15) is 24.0 Å². The second kappa shape index (κ2) is 31.7. The minimum absolute atomic E-state index is 0.0214. The van der Waals surface area contributed by atoms with Gasteiger partial charge in [-0.2, -0.15) is 0 Å². The Morgan fingerprint density at radius 2 is 1.59 bits per heavy atom. The Bertz CT molecular complexity index is 3020. The van der Waals surface area contributed by atoms with Crippen molar-refractivity contribution in [2.24, 2.45) is 11.7 Å². The van der Waals surface area contributed by atoms with Gasteiger partial charge in [-0.05, 0) is 105 Å². The Morgan fingerprint density at radius 3 is 2.36 bits per heavy atom. The molecule has 0 spiro atoms. The molecule has 1 saturated carbocycles. The molecule has 21 nitrogen and oxygen atoms in total. The highest BCUT2D eigenvalue weighted by atomic mass is 35.5. The van der Waals surface area contributed by atoms with Gasteiger partial charge >= 0.3 is 0 Å². The Labute approximate surface area is 510 Å². The van der Waals surface area contributed by atoms with E-state index in [1.807, 2.05) is 89.7 Å². The van der Waals surface area contributed by atoms with Gasteiger partial charge in [0.05, 0.1) is 70.1 Å². The molecule has 3 saturated heterocycles. The van der Waals surface area contributed by atoms with Crippen LogP contribution < -0.4 is 41.4 Å². The van der Waals surface area contributed by atoms with Crippen molar-refractivity contribution in [2.45, 2.75) is 108 Å². The molecule has 4 fully saturated rings. The predicted molar refractivity (Wildman–Crippen MR) is 330 cm³/mol. The van der Waals surface area contributed by atoms with Gasteiger partial charge in [-0.3, -0.25) is 28.9 Å². The molecule has 1 unspecified atom stereocenters. The number of amides is 5. The number of benzene rings is 3. The van der Waals surface area contributed by atoms with Crippen LogP contribution in [-0.2, 0) is 35.2 Å². The number of fused-ring (bicyclic) bond motifs is 1. The fourth-order valence-corrected chi connectivity index (χ4v) is 12.4. The van der Waals surface area contributed by atoms with E-state index in [4.69, 9.17) is 36.3 Å². The number of piperidine rings is 2. The van der Waals surface area contributed by atoms with Crippen LogP contribution >= 0.6 is 11.6 Å². The summed E-state index contributed by atoms with van der Waals surface area (Å²) in [5, 5.41) is 14.3. The van der Waals surface area contributed by atoms with E-state index in [0.717, 1.165) is 90.8 Å². The Hall–Kier alpha value is -6.88. The fraction of sp³-hybridized carbons (Fsp3) is 0.547. The number of piperazine rings is 1. The summed E-state index contributed by atoms with van der Waals surface area (Å²) in [6.07, 6.45) is 11.9. The first-order valence-electron chi connectivity index (χ1n) is 30.9. The van der Waals surface area contributed by atoms with E-state index in [1.54, 1.807) is 19.5 Å². The van der Waals surface area contributed by atoms with E-state index in [0.29, 0.717) is 114 Å². The Balaban J connectivity index is 0.649. The van der Waals surface area contributed by atoms with Gasteiger partial charge in [0.1, 0.15) is 35.3 Å². The van der Waals surface area contributed by atoms with Gasteiger partial charge in [0.25, 0.3) is 5.91 Å². The van der Waals surface area contributed by atoms with Crippen LogP contribution in [0.2, 0.25) is 5.02 Å². The lowest BCUT2D eigenvalue weighted by Gasteiger charge is -2.39. The summed E-state index contributed by atoms with van der Waals surface area (Å²) in [6, 6.07) is 21.8. The number of methoxy groups -OCH3 is 1. The molecule has 464 valence electrons. The molecule has 3 aromatic carbocycles. The third kappa shape index (κ3) is 17.4. The topological polar surface area (TPSA) is 251 Å². The number of H-pyrrole nitrogens is 1. The van der Waals surface area contributed by atoms with Crippen LogP contribution in [0.4, 0.5) is 5.82 Å². The summed E-state index contributed by atoms with van der Waals surface area (Å²) < 4.78 is 22.7. The van der Waals surface area contributed by atoms with E-state index in [-0.39, 0.29) is 80.1 Å². The van der Waals surface area contributed by atoms with E-state index in [2.05, 4.69) is 46.0 Å². The number of carbonyl (C=O) groups excluding carboxylic acids is 5. The van der Waals surface area contributed by atoms with Gasteiger partial charge in [-0.15, -0.1) is 0 Å². The molecule has 1 aliphatic carbocycles. The third-order valence-corrected chi connectivity index (χ3v) is 17.7. The highest BCUT2D eigenvalue weighted by Crippen LogP contribution is 2.32. The first kappa shape index (κ1) is 63.6. The fourth-order valence-electron chi connectivity index (χ4n) is 12.3. The van der Waals surface area contributed by atoms with Crippen LogP contribution in [0.3, 0.4) is 0 Å². The van der Waals surface area contributed by atoms with Crippen molar-refractivity contribution in [3.63, 3.8) is 0 Å². The molecule has 2 aromatic heterocycles. The van der Waals surface area contributed by atoms with Crippen LogP contribution in [0.1, 0.15) is 117 Å². The monoisotopic (exact) mass is 1200 g/mol. The average molecular weight is 1200 g/mol. The maximum Gasteiger partial charge on any atom is 0.251 e. The number of likely N-dealkylation sites (tertiary alicyclic amines) is 1. The number of aromatic amines is 1. The van der Waals surface area contributed by atoms with E-state index < -0.39 is 11.6 Å². The van der Waals surface area contributed by atoms with Crippen LogP contribution in [0, 0.1) is 5.92 Å². The molecule has 22 heteroatoms. The summed E-state index contributed by atoms with van der Waals surface area (Å²) in [5.41, 5.74) is 9.98. The molecule has 3 aliphatic heterocycles. The first-order valence-corrected chi connectivity index (χ1v) is 31.3. The van der Waals surface area contributed by atoms with Crippen LogP contribution in [0.15, 0.2) is 85.3 Å². The van der Waals surface area contributed by atoms with Crippen LogP contribution in [0.25, 0.3) is 11.0 Å². The normalized spacial score (nSPS) is 18.3. The number of nitrogens with zero attached hydrogens (tertiary/aromatic N) is 6. The number of nitrogens with one attached hydrogen (secondary N) is 5. The highest BCUT2D eigenvalue weighted by Gasteiger charge is 2.40. The summed E-state index contributed by atoms with van der Waals surface area (Å²) >= 11 is 6.27. The van der Waals surface area contributed by atoms with Gasteiger partial charge in [0.2, 0.25) is 23.6 Å². The summed E-state index contributed by atoms with van der Waals surface area (Å²) in [5.74, 6) is 1.73. The number of rotatable bonds is 28. The van der Waals surface area contributed by atoms with Crippen LogP contribution in [-0.4, -0.2) is 183 Å². The van der Waals surface area contributed by atoms with Crippen molar-refractivity contribution in [3.05, 3.63) is 113 Å². The first-order chi connectivity index (χ1) is 41.9. The zero-order valence-electron chi connectivity index (χ0n) is 50.0. The summed E-state index contributed by atoms with van der Waals surface area (Å²) in [4.78, 5) is 88.6. The largest absolute Gasteiger partial charge is 0.497 e. The smallest absolute Gasteiger partial charge is 0.251 e. The second-order valence-corrected chi connectivity index (χ2v) is 23.5. The Kier molecular flexibility index (Phi) is 23.4. The number of hydrogen-bond acceptors (Lipinski definition) is 15. The number of hydrogen-bond donors (Lipinski definition) is 6. The predicted octanol–water partition coefficient (Wildman–Crippen LogP) is 6.12. The number of anilines is 1. The van der Waals surface area contributed by atoms with Gasteiger partial charge in [0, 0.05) is 106 Å². The SMILES string of the molecule is CCOc1cc(OC)ccc1CNCC(=O)N1CCCC(c2cccc(C(=O)N[C@@H](C(=O)NCCOCCOCCC(=O)N3CCN(CC[C@H](NC(=O)C4(N)CCN(c5ncnc6[nH]ccc56)CC4)c4ccc(Cl)cc4)CC3)C3CCCCC3)c2)C1. The van der Waals surface area contributed by atoms with Gasteiger partial charge in [0.15, 0.2) is 0 Å². The number of nitrogens with two attached hydrogens (primary N) is 1.